The number of rotatable bonds is 4. The fraction of sp³-hybridized carbons (Fsp3) is 0.222. The van der Waals surface area contributed by atoms with Gasteiger partial charge in [0, 0.05) is 6.20 Å². The lowest BCUT2D eigenvalue weighted by Crippen LogP contribution is -2.02. The first kappa shape index (κ1) is 15.5. The van der Waals surface area contributed by atoms with Crippen LogP contribution in [0.25, 0.3) is 17.3 Å². The minimum absolute atomic E-state index is 0.406. The van der Waals surface area contributed by atoms with E-state index in [0.717, 1.165) is 12.1 Å². The number of nitriles is 2. The van der Waals surface area contributed by atoms with Crippen LogP contribution in [0.1, 0.15) is 30.7 Å². The van der Waals surface area contributed by atoms with E-state index in [9.17, 15) is 10.5 Å². The molecule has 2 heterocycles. The summed E-state index contributed by atoms with van der Waals surface area (Å²) in [6, 6.07) is 9.35. The molecule has 3 aromatic rings. The van der Waals surface area contributed by atoms with Gasteiger partial charge in [0.2, 0.25) is 0 Å². The number of hydrogen-bond donors (Lipinski definition) is 0. The molecule has 3 rings (SSSR count). The molecule has 0 bridgehead atoms. The fourth-order valence-electron chi connectivity index (χ4n) is 2.60. The van der Waals surface area contributed by atoms with E-state index in [1.165, 1.54) is 6.39 Å². The van der Waals surface area contributed by atoms with Gasteiger partial charge in [0.1, 0.15) is 12.1 Å². The van der Waals surface area contributed by atoms with Gasteiger partial charge in [0.25, 0.3) is 0 Å². The molecule has 0 atom stereocenters. The molecule has 1 aromatic carbocycles. The molecule has 0 aliphatic rings. The van der Waals surface area contributed by atoms with Gasteiger partial charge >= 0.3 is 0 Å². The number of hydrogen-bond acceptors (Lipinski definition) is 5. The molecule has 0 saturated heterocycles. The summed E-state index contributed by atoms with van der Waals surface area (Å²) in [5, 5.41) is 18.9. The lowest BCUT2D eigenvalue weighted by Gasteiger charge is -2.09. The van der Waals surface area contributed by atoms with Gasteiger partial charge in [-0.3, -0.25) is 4.57 Å². The Balaban J connectivity index is 2.27. The van der Waals surface area contributed by atoms with Crippen LogP contribution in [0.2, 0.25) is 0 Å². The predicted octanol–water partition coefficient (Wildman–Crippen LogP) is 3.47. The first-order chi connectivity index (χ1) is 11.6. The molecule has 6 nitrogen and oxygen atoms in total. The Morgan fingerprint density at radius 1 is 1.21 bits per heavy atom. The molecule has 0 radical (unpaired) electrons. The van der Waals surface area contributed by atoms with E-state index < -0.39 is 0 Å². The number of aromatic nitrogens is 3. The van der Waals surface area contributed by atoms with Gasteiger partial charge in [-0.15, -0.1) is 0 Å². The second kappa shape index (κ2) is 6.39. The van der Waals surface area contributed by atoms with Crippen molar-refractivity contribution in [1.29, 1.82) is 10.5 Å². The van der Waals surface area contributed by atoms with Crippen LogP contribution >= 0.6 is 0 Å². The molecule has 6 heteroatoms. The molecule has 118 valence electrons. The Bertz CT molecular complexity index is 907. The summed E-state index contributed by atoms with van der Waals surface area (Å²) in [4.78, 5) is 8.57. The highest BCUT2D eigenvalue weighted by Gasteiger charge is 2.19. The van der Waals surface area contributed by atoms with Crippen molar-refractivity contribution in [3.05, 3.63) is 53.8 Å². The summed E-state index contributed by atoms with van der Waals surface area (Å²) >= 11 is 0. The topological polar surface area (TPSA) is 91.4 Å². The van der Waals surface area contributed by atoms with Crippen molar-refractivity contribution in [2.75, 3.05) is 0 Å². The molecule has 24 heavy (non-hydrogen) atoms. The van der Waals surface area contributed by atoms with Gasteiger partial charge < -0.3 is 4.42 Å². The van der Waals surface area contributed by atoms with E-state index in [1.807, 2.05) is 6.20 Å². The van der Waals surface area contributed by atoms with Gasteiger partial charge in [-0.05, 0) is 24.5 Å². The van der Waals surface area contributed by atoms with Crippen LogP contribution in [0.5, 0.6) is 0 Å². The molecule has 0 saturated carbocycles. The van der Waals surface area contributed by atoms with Crippen LogP contribution < -0.4 is 0 Å². The monoisotopic (exact) mass is 317 g/mol. The molecule has 0 fully saturated rings. The first-order valence-electron chi connectivity index (χ1n) is 7.54. The van der Waals surface area contributed by atoms with Gasteiger partial charge in [0.05, 0.1) is 28.7 Å². The molecule has 2 aromatic heterocycles. The van der Waals surface area contributed by atoms with Crippen molar-refractivity contribution in [3.63, 3.8) is 0 Å². The minimum atomic E-state index is 0.406. The van der Waals surface area contributed by atoms with Crippen LogP contribution in [0.3, 0.4) is 0 Å². The number of oxazole rings is 1. The maximum absolute atomic E-state index is 9.44. The zero-order valence-corrected chi connectivity index (χ0v) is 13.4. The second-order valence-electron chi connectivity index (χ2n) is 5.81. The summed E-state index contributed by atoms with van der Waals surface area (Å²) < 4.78 is 7.13. The molecule has 0 N–H and O–H groups in total. The highest BCUT2D eigenvalue weighted by Crippen LogP contribution is 2.27. The van der Waals surface area contributed by atoms with Gasteiger partial charge in [-0.2, -0.15) is 10.5 Å². The molecule has 0 aliphatic heterocycles. The van der Waals surface area contributed by atoms with E-state index in [1.54, 1.807) is 29.0 Å². The fourth-order valence-corrected chi connectivity index (χ4v) is 2.60. The maximum Gasteiger partial charge on any atom is 0.190 e. The van der Waals surface area contributed by atoms with E-state index >= 15 is 0 Å². The quantitative estimate of drug-likeness (QED) is 0.734. The van der Waals surface area contributed by atoms with Crippen molar-refractivity contribution in [2.45, 2.75) is 20.3 Å². The summed E-state index contributed by atoms with van der Waals surface area (Å²) in [5.41, 5.74) is 2.19. The van der Waals surface area contributed by atoms with Crippen molar-refractivity contribution in [1.82, 2.24) is 14.5 Å². The number of imidazole rings is 1. The molecule has 0 unspecified atom stereocenters. The SMILES string of the molecule is CC(C)Cc1cn(-c2c(C#N)cccc2C#N)c(-c2cnco2)n1. The summed E-state index contributed by atoms with van der Waals surface area (Å²) in [6.07, 6.45) is 5.54. The molecule has 0 spiro atoms. The Hall–Kier alpha value is -3.38. The number of para-hydroxylation sites is 1. The smallest absolute Gasteiger partial charge is 0.190 e. The lowest BCUT2D eigenvalue weighted by molar-refractivity contribution is 0.565. The highest BCUT2D eigenvalue weighted by atomic mass is 16.3. The highest BCUT2D eigenvalue weighted by molar-refractivity contribution is 5.63. The number of nitrogens with zero attached hydrogens (tertiary/aromatic N) is 5. The lowest BCUT2D eigenvalue weighted by atomic mass is 10.1. The standard InChI is InChI=1S/C18H15N5O/c1-12(2)6-15-10-23(18(22-15)16-9-21-11-24-16)17-13(7-19)4-3-5-14(17)8-20/h3-5,9-12H,6H2,1-2H3. The zero-order valence-electron chi connectivity index (χ0n) is 13.4. The second-order valence-corrected chi connectivity index (χ2v) is 5.81. The molecule has 0 aliphatic carbocycles. The zero-order chi connectivity index (χ0) is 17.1. The van der Waals surface area contributed by atoms with Gasteiger partial charge in [-0.25, -0.2) is 9.97 Å². The number of benzene rings is 1. The normalized spacial score (nSPS) is 10.5. The van der Waals surface area contributed by atoms with Crippen molar-refractivity contribution in [2.24, 2.45) is 5.92 Å². The largest absolute Gasteiger partial charge is 0.440 e. The Morgan fingerprint density at radius 3 is 2.46 bits per heavy atom. The van der Waals surface area contributed by atoms with Crippen LogP contribution in [-0.2, 0) is 6.42 Å². The summed E-state index contributed by atoms with van der Waals surface area (Å²) in [7, 11) is 0. The third kappa shape index (κ3) is 2.78. The van der Waals surface area contributed by atoms with E-state index in [2.05, 4.69) is 36.0 Å². The van der Waals surface area contributed by atoms with Crippen LogP contribution in [0, 0.1) is 28.6 Å². The summed E-state index contributed by atoms with van der Waals surface area (Å²) in [5.74, 6) is 1.45. The Kier molecular flexibility index (Phi) is 4.13. The van der Waals surface area contributed by atoms with Crippen LogP contribution in [-0.4, -0.2) is 14.5 Å². The predicted molar refractivity (Wildman–Crippen MR) is 87.0 cm³/mol. The average Bonchev–Trinajstić information content (AvgIpc) is 3.22. The summed E-state index contributed by atoms with van der Waals surface area (Å²) in [6.45, 7) is 4.22. The first-order valence-corrected chi connectivity index (χ1v) is 7.54. The van der Waals surface area contributed by atoms with E-state index in [0.29, 0.717) is 34.3 Å². The average molecular weight is 317 g/mol. The van der Waals surface area contributed by atoms with E-state index in [-0.39, 0.29) is 0 Å². The molecular formula is C18H15N5O. The minimum Gasteiger partial charge on any atom is -0.440 e. The third-order valence-corrected chi connectivity index (χ3v) is 3.54. The molecular weight excluding hydrogens is 302 g/mol. The van der Waals surface area contributed by atoms with E-state index in [4.69, 9.17) is 4.42 Å². The molecule has 0 amide bonds. The third-order valence-electron chi connectivity index (χ3n) is 3.54. The maximum atomic E-state index is 9.44. The van der Waals surface area contributed by atoms with Crippen molar-refractivity contribution >= 4 is 0 Å². The Morgan fingerprint density at radius 2 is 1.92 bits per heavy atom. The van der Waals surface area contributed by atoms with Crippen molar-refractivity contribution < 1.29 is 4.42 Å². The van der Waals surface area contributed by atoms with Crippen molar-refractivity contribution in [3.8, 4) is 29.4 Å². The Labute approximate surface area is 139 Å². The van der Waals surface area contributed by atoms with Crippen LogP contribution in [0.15, 0.2) is 41.4 Å². The van der Waals surface area contributed by atoms with Gasteiger partial charge in [0.15, 0.2) is 18.0 Å². The van der Waals surface area contributed by atoms with Gasteiger partial charge in [-0.1, -0.05) is 19.9 Å². The van der Waals surface area contributed by atoms with Crippen LogP contribution in [0.4, 0.5) is 0 Å².